The minimum atomic E-state index is -0.00840. The van der Waals surface area contributed by atoms with Gasteiger partial charge in [0.25, 0.3) is 0 Å². The van der Waals surface area contributed by atoms with Gasteiger partial charge in [0.15, 0.2) is 0 Å². The second-order valence-electron chi connectivity index (χ2n) is 16.5. The summed E-state index contributed by atoms with van der Waals surface area (Å²) in [5, 5.41) is 1.27. The van der Waals surface area contributed by atoms with Crippen molar-refractivity contribution in [3.63, 3.8) is 0 Å². The van der Waals surface area contributed by atoms with E-state index in [0.717, 1.165) is 67.1 Å². The van der Waals surface area contributed by atoms with Crippen molar-refractivity contribution >= 4 is 16.9 Å². The number of ether oxygens (including phenoxy) is 1. The van der Waals surface area contributed by atoms with Crippen LogP contribution in [0.5, 0.6) is 0 Å². The molecule has 0 unspecified atom stereocenters. The Bertz CT molecular complexity index is 1320. The standard InChI is InChI=1S/C41H61NO2/c1-7-29(27(2)3)16-15-28(4)35-19-20-36-34-18-17-31-25-32(21-23-40(31,5)37(34)22-24-41(35,36)6)44-39(43)14-10-11-30-26-42-38-13-9-8-12-33(30)38/h8-9,12-13,17,26-29,32,34-37,42H,7,10-11,14-16,18-25H2,1-6H3/t28-,29-,32+,34+,35-,36+,37+,40+,41-/m1/s1. The number of benzene rings is 1. The molecular weight excluding hydrogens is 538 g/mol. The first-order valence-electron chi connectivity index (χ1n) is 18.6. The van der Waals surface area contributed by atoms with Crippen molar-refractivity contribution in [3.05, 3.63) is 47.7 Å². The highest BCUT2D eigenvalue weighted by Crippen LogP contribution is 2.67. The lowest BCUT2D eigenvalue weighted by atomic mass is 9.47. The van der Waals surface area contributed by atoms with Gasteiger partial charge in [-0.3, -0.25) is 4.79 Å². The van der Waals surface area contributed by atoms with Gasteiger partial charge in [-0.25, -0.2) is 0 Å². The number of nitrogens with one attached hydrogen (secondary N) is 1. The molecule has 3 saturated carbocycles. The highest BCUT2D eigenvalue weighted by Gasteiger charge is 2.59. The average Bonchev–Trinajstić information content (AvgIpc) is 3.58. The number of para-hydroxylation sites is 1. The van der Waals surface area contributed by atoms with Crippen molar-refractivity contribution in [2.45, 2.75) is 138 Å². The van der Waals surface area contributed by atoms with Gasteiger partial charge in [-0.1, -0.05) is 84.2 Å². The third kappa shape index (κ3) is 5.95. The number of aromatic nitrogens is 1. The molecule has 0 saturated heterocycles. The zero-order valence-corrected chi connectivity index (χ0v) is 28.8. The first kappa shape index (κ1) is 31.9. The summed E-state index contributed by atoms with van der Waals surface area (Å²) in [6, 6.07) is 8.42. The van der Waals surface area contributed by atoms with E-state index >= 15 is 0 Å². The number of aryl methyl sites for hydroxylation is 1. The largest absolute Gasteiger partial charge is 0.462 e. The van der Waals surface area contributed by atoms with Gasteiger partial charge in [0.2, 0.25) is 0 Å². The van der Waals surface area contributed by atoms with Crippen molar-refractivity contribution in [3.8, 4) is 0 Å². The molecule has 4 aliphatic rings. The summed E-state index contributed by atoms with van der Waals surface area (Å²) >= 11 is 0. The maximum Gasteiger partial charge on any atom is 0.306 e. The molecule has 3 fully saturated rings. The summed E-state index contributed by atoms with van der Waals surface area (Å²) in [7, 11) is 0. The summed E-state index contributed by atoms with van der Waals surface area (Å²) in [5.74, 6) is 6.01. The number of carbonyl (C=O) groups excluding carboxylic acids is 1. The number of rotatable bonds is 11. The van der Waals surface area contributed by atoms with Gasteiger partial charge in [-0.15, -0.1) is 0 Å². The predicted molar refractivity (Wildman–Crippen MR) is 183 cm³/mol. The highest BCUT2D eigenvalue weighted by atomic mass is 16.5. The zero-order valence-electron chi connectivity index (χ0n) is 28.8. The molecule has 3 nitrogen and oxygen atoms in total. The number of H-pyrrole nitrogens is 1. The second-order valence-corrected chi connectivity index (χ2v) is 16.5. The molecule has 0 radical (unpaired) electrons. The third-order valence-electron chi connectivity index (χ3n) is 14.1. The summed E-state index contributed by atoms with van der Waals surface area (Å²) in [6.45, 7) is 15.1. The van der Waals surface area contributed by atoms with E-state index < -0.39 is 0 Å². The molecule has 3 heteroatoms. The molecule has 2 aromatic rings. The Morgan fingerprint density at radius 3 is 2.64 bits per heavy atom. The summed E-state index contributed by atoms with van der Waals surface area (Å²) in [5.41, 5.74) is 4.92. The minimum absolute atomic E-state index is 0.00840. The number of esters is 1. The lowest BCUT2D eigenvalue weighted by Crippen LogP contribution is -2.51. The summed E-state index contributed by atoms with van der Waals surface area (Å²) in [6.07, 6.45) is 21.4. The normalized spacial score (nSPS) is 34.6. The van der Waals surface area contributed by atoms with E-state index in [0.29, 0.717) is 17.3 Å². The number of hydrogen-bond acceptors (Lipinski definition) is 2. The molecule has 0 aliphatic heterocycles. The Morgan fingerprint density at radius 1 is 1.02 bits per heavy atom. The third-order valence-corrected chi connectivity index (χ3v) is 14.1. The van der Waals surface area contributed by atoms with E-state index in [1.807, 2.05) is 0 Å². The van der Waals surface area contributed by atoms with Crippen LogP contribution >= 0.6 is 0 Å². The smallest absolute Gasteiger partial charge is 0.306 e. The Kier molecular flexibility index (Phi) is 9.43. The average molecular weight is 600 g/mol. The Hall–Kier alpha value is -2.03. The zero-order chi connectivity index (χ0) is 31.1. The Labute approximate surface area is 268 Å². The van der Waals surface area contributed by atoms with E-state index in [9.17, 15) is 4.79 Å². The van der Waals surface area contributed by atoms with Gasteiger partial charge < -0.3 is 9.72 Å². The van der Waals surface area contributed by atoms with Gasteiger partial charge in [0.1, 0.15) is 6.10 Å². The second kappa shape index (κ2) is 13.0. The molecule has 4 aliphatic carbocycles. The quantitative estimate of drug-likeness (QED) is 0.206. The van der Waals surface area contributed by atoms with Crippen LogP contribution in [0.25, 0.3) is 10.9 Å². The summed E-state index contributed by atoms with van der Waals surface area (Å²) in [4.78, 5) is 16.3. The Morgan fingerprint density at radius 2 is 1.84 bits per heavy atom. The van der Waals surface area contributed by atoms with Crippen LogP contribution in [0.1, 0.15) is 131 Å². The van der Waals surface area contributed by atoms with E-state index in [4.69, 9.17) is 4.74 Å². The number of allylic oxidation sites excluding steroid dienone is 1. The summed E-state index contributed by atoms with van der Waals surface area (Å²) < 4.78 is 6.13. The van der Waals surface area contributed by atoms with Crippen LogP contribution in [-0.2, 0) is 16.0 Å². The van der Waals surface area contributed by atoms with Gasteiger partial charge >= 0.3 is 5.97 Å². The molecular formula is C41H61NO2. The molecule has 0 amide bonds. The monoisotopic (exact) mass is 599 g/mol. The fourth-order valence-electron chi connectivity index (χ4n) is 11.4. The molecule has 0 spiro atoms. The van der Waals surface area contributed by atoms with E-state index in [1.165, 1.54) is 74.3 Å². The molecule has 1 heterocycles. The topological polar surface area (TPSA) is 42.1 Å². The first-order valence-corrected chi connectivity index (χ1v) is 18.6. The molecule has 9 atom stereocenters. The van der Waals surface area contributed by atoms with Crippen molar-refractivity contribution in [2.24, 2.45) is 52.3 Å². The van der Waals surface area contributed by atoms with Gasteiger partial charge in [0, 0.05) is 29.9 Å². The molecule has 44 heavy (non-hydrogen) atoms. The van der Waals surface area contributed by atoms with E-state index in [2.05, 4.69) is 83.1 Å². The van der Waals surface area contributed by atoms with Crippen LogP contribution in [-0.4, -0.2) is 17.1 Å². The predicted octanol–water partition coefficient (Wildman–Crippen LogP) is 11.1. The first-order chi connectivity index (χ1) is 21.1. The molecule has 1 aromatic carbocycles. The lowest BCUT2D eigenvalue weighted by molar-refractivity contribution is -0.151. The van der Waals surface area contributed by atoms with Gasteiger partial charge in [-0.2, -0.15) is 0 Å². The van der Waals surface area contributed by atoms with Crippen molar-refractivity contribution in [1.82, 2.24) is 4.98 Å². The van der Waals surface area contributed by atoms with Crippen LogP contribution in [0.3, 0.4) is 0 Å². The molecule has 1 aromatic heterocycles. The number of carbonyl (C=O) groups is 1. The van der Waals surface area contributed by atoms with Crippen LogP contribution in [0.15, 0.2) is 42.1 Å². The number of hydrogen-bond donors (Lipinski definition) is 1. The minimum Gasteiger partial charge on any atom is -0.462 e. The van der Waals surface area contributed by atoms with E-state index in [-0.39, 0.29) is 12.1 Å². The van der Waals surface area contributed by atoms with E-state index in [1.54, 1.807) is 5.57 Å². The fraction of sp³-hybridized carbons (Fsp3) is 0.732. The number of aromatic amines is 1. The van der Waals surface area contributed by atoms with Crippen molar-refractivity contribution in [2.75, 3.05) is 0 Å². The van der Waals surface area contributed by atoms with Gasteiger partial charge in [0.05, 0.1) is 0 Å². The van der Waals surface area contributed by atoms with Crippen LogP contribution < -0.4 is 0 Å². The van der Waals surface area contributed by atoms with Crippen LogP contribution in [0.4, 0.5) is 0 Å². The van der Waals surface area contributed by atoms with Crippen molar-refractivity contribution in [1.29, 1.82) is 0 Å². The SMILES string of the molecule is CC[C@H](CC[C@@H](C)[C@H]1CC[C@H]2[C@@H]3CC=C4C[C@@H](OC(=O)CCCc5c[nH]c6ccccc56)CC[C@]4(C)[C@H]3CC[C@]12C)C(C)C. The highest BCUT2D eigenvalue weighted by molar-refractivity contribution is 5.83. The molecule has 6 rings (SSSR count). The maximum absolute atomic E-state index is 12.9. The Balaban J connectivity index is 1.03. The van der Waals surface area contributed by atoms with Crippen molar-refractivity contribution < 1.29 is 9.53 Å². The fourth-order valence-corrected chi connectivity index (χ4v) is 11.4. The maximum atomic E-state index is 12.9. The van der Waals surface area contributed by atoms with Crippen LogP contribution in [0, 0.1) is 52.3 Å². The molecule has 1 N–H and O–H groups in total. The molecule has 242 valence electrons. The molecule has 0 bridgehead atoms. The lowest BCUT2D eigenvalue weighted by Gasteiger charge is -2.58. The van der Waals surface area contributed by atoms with Gasteiger partial charge in [-0.05, 0) is 128 Å². The number of fused-ring (bicyclic) bond motifs is 6. The van der Waals surface area contributed by atoms with Crippen LogP contribution in [0.2, 0.25) is 0 Å².